The van der Waals surface area contributed by atoms with Crippen LogP contribution in [0.15, 0.2) is 212 Å². The summed E-state index contributed by atoms with van der Waals surface area (Å²) in [6.07, 6.45) is 0. The third-order valence-electron chi connectivity index (χ3n) is 19.3. The van der Waals surface area contributed by atoms with Crippen molar-refractivity contribution < 1.29 is 0 Å². The largest absolute Gasteiger partial charge is 0.311 e. The lowest BCUT2D eigenvalue weighted by Crippen LogP contribution is -2.61. The number of hydrogen-bond donors (Lipinski definition) is 0. The van der Waals surface area contributed by atoms with E-state index in [1.54, 1.807) is 0 Å². The van der Waals surface area contributed by atoms with Gasteiger partial charge in [-0.1, -0.05) is 178 Å². The van der Waals surface area contributed by atoms with Crippen molar-refractivity contribution in [2.24, 2.45) is 0 Å². The van der Waals surface area contributed by atoms with Gasteiger partial charge in [0.2, 0.25) is 0 Å². The Kier molecular flexibility index (Phi) is 13.0. The Morgan fingerprint density at radius 2 is 0.921 bits per heavy atom. The lowest BCUT2D eigenvalue weighted by molar-refractivity contribution is 0.589. The van der Waals surface area contributed by atoms with E-state index in [-0.39, 0.29) is 23.0 Å². The highest BCUT2D eigenvalue weighted by Crippen LogP contribution is 2.51. The van der Waals surface area contributed by atoms with E-state index in [2.05, 4.69) is 329 Å². The van der Waals surface area contributed by atoms with E-state index in [1.165, 1.54) is 148 Å². The lowest BCUT2D eigenvalue weighted by atomic mass is 9.33. The molecule has 0 unspecified atom stereocenters. The number of para-hydroxylation sites is 2. The smallest absolute Gasteiger partial charge is 0.252 e. The molecular weight excluding hydrogens is 1100 g/mol. The summed E-state index contributed by atoms with van der Waals surface area (Å²) in [4.78, 5) is 7.81. The first-order valence-electron chi connectivity index (χ1n) is 31.8. The number of thiophene rings is 1. The second kappa shape index (κ2) is 20.5. The molecular formula is C83H77BN4S. The topological polar surface area (TPSA) is 14.7 Å². The molecule has 89 heavy (non-hydrogen) atoms. The number of rotatable bonds is 7. The third kappa shape index (κ3) is 9.23. The Bertz CT molecular complexity index is 4990. The van der Waals surface area contributed by atoms with Gasteiger partial charge in [0.05, 0.1) is 22.4 Å². The molecule has 2 aliphatic rings. The molecule has 2 aliphatic heterocycles. The van der Waals surface area contributed by atoms with Crippen LogP contribution in [0.4, 0.5) is 51.2 Å². The minimum Gasteiger partial charge on any atom is -0.311 e. The number of benzene rings is 11. The summed E-state index contributed by atoms with van der Waals surface area (Å²) in [6.45, 7) is 32.5. The van der Waals surface area contributed by atoms with Crippen molar-refractivity contribution in [2.45, 2.75) is 113 Å². The van der Waals surface area contributed by atoms with Crippen LogP contribution >= 0.6 is 11.3 Å². The van der Waals surface area contributed by atoms with Crippen molar-refractivity contribution in [3.8, 4) is 16.8 Å². The molecule has 0 aliphatic carbocycles. The third-order valence-corrected chi connectivity index (χ3v) is 20.4. The van der Waals surface area contributed by atoms with Crippen molar-refractivity contribution in [1.29, 1.82) is 0 Å². The van der Waals surface area contributed by atoms with Gasteiger partial charge in [-0.3, -0.25) is 0 Å². The van der Waals surface area contributed by atoms with E-state index in [1.807, 2.05) is 11.3 Å². The first kappa shape index (κ1) is 56.4. The number of anilines is 9. The fourth-order valence-electron chi connectivity index (χ4n) is 14.8. The van der Waals surface area contributed by atoms with E-state index >= 15 is 0 Å². The summed E-state index contributed by atoms with van der Waals surface area (Å²) in [5.41, 5.74) is 30.6. The van der Waals surface area contributed by atoms with Crippen molar-refractivity contribution in [3.63, 3.8) is 0 Å². The minimum atomic E-state index is -0.0867. The van der Waals surface area contributed by atoms with Gasteiger partial charge in [-0.2, -0.15) is 0 Å². The zero-order valence-electron chi connectivity index (χ0n) is 54.0. The predicted molar refractivity (Wildman–Crippen MR) is 388 cm³/mol. The summed E-state index contributed by atoms with van der Waals surface area (Å²) in [5, 5.41) is 5.12. The molecule has 0 bridgehead atoms. The van der Waals surface area contributed by atoms with Crippen LogP contribution in [0.5, 0.6) is 0 Å². The van der Waals surface area contributed by atoms with E-state index in [0.29, 0.717) is 0 Å². The molecule has 0 atom stereocenters. The summed E-state index contributed by atoms with van der Waals surface area (Å²) >= 11 is 1.89. The molecule has 0 saturated carbocycles. The van der Waals surface area contributed by atoms with E-state index in [9.17, 15) is 0 Å². The summed E-state index contributed by atoms with van der Waals surface area (Å²) < 4.78 is 5.10. The van der Waals surface area contributed by atoms with Crippen LogP contribution in [-0.4, -0.2) is 11.3 Å². The van der Waals surface area contributed by atoms with Gasteiger partial charge in [0.15, 0.2) is 0 Å². The molecule has 0 amide bonds. The van der Waals surface area contributed by atoms with Gasteiger partial charge in [-0.15, -0.1) is 11.3 Å². The Morgan fingerprint density at radius 3 is 1.61 bits per heavy atom. The zero-order valence-corrected chi connectivity index (χ0v) is 54.8. The molecule has 0 N–H and O–H groups in total. The molecule has 11 aromatic carbocycles. The quantitative estimate of drug-likeness (QED) is 0.148. The normalized spacial score (nSPS) is 13.2. The van der Waals surface area contributed by atoms with Crippen molar-refractivity contribution >= 4 is 128 Å². The number of fused-ring (bicyclic) bond motifs is 10. The van der Waals surface area contributed by atoms with Crippen molar-refractivity contribution in [1.82, 2.24) is 4.57 Å². The molecule has 15 rings (SSSR count). The van der Waals surface area contributed by atoms with Gasteiger partial charge in [0, 0.05) is 76.4 Å². The van der Waals surface area contributed by atoms with Crippen LogP contribution in [0.25, 0.3) is 58.8 Å². The van der Waals surface area contributed by atoms with Crippen LogP contribution in [0.1, 0.15) is 107 Å². The molecule has 0 fully saturated rings. The monoisotopic (exact) mass is 1170 g/mol. The molecule has 0 saturated heterocycles. The molecule has 438 valence electrons. The Labute approximate surface area is 530 Å². The number of aromatic nitrogens is 1. The molecule has 4 nitrogen and oxygen atoms in total. The van der Waals surface area contributed by atoms with Crippen molar-refractivity contribution in [2.75, 3.05) is 14.7 Å². The fourth-order valence-corrected chi connectivity index (χ4v) is 16.0. The lowest BCUT2D eigenvalue weighted by Gasteiger charge is -2.45. The van der Waals surface area contributed by atoms with Crippen LogP contribution in [0.2, 0.25) is 0 Å². The molecule has 0 radical (unpaired) electrons. The van der Waals surface area contributed by atoms with Gasteiger partial charge >= 0.3 is 0 Å². The first-order valence-corrected chi connectivity index (χ1v) is 32.6. The zero-order chi connectivity index (χ0) is 61.7. The van der Waals surface area contributed by atoms with Crippen LogP contribution in [0.3, 0.4) is 0 Å². The standard InChI is InChI=1S/C83H77BN4S/c1-50-40-74-78-75(41-50)88(80-51(2)42-56(43-52(80)3)55-28-36-67-66-25-19-21-27-76(66)89-77(67)46-55)72-47-58(82(9,10)11)31-38-68(72)84(78)69-39-35-63(49-73(69)87(74)61-32-29-57(30-33-61)81(6,7)8)85(79-53(4)44-59(45-54(79)5)83(12,13)14)62-34-37-65-64-24-18-20-26-70(64)86(71(65)48-62)60-22-16-15-17-23-60/h15-49H,1-14H3. The van der Waals surface area contributed by atoms with Crippen LogP contribution < -0.4 is 31.1 Å². The van der Waals surface area contributed by atoms with Gasteiger partial charge in [0.1, 0.15) is 0 Å². The summed E-state index contributed by atoms with van der Waals surface area (Å²) in [7, 11) is 0. The highest BCUT2D eigenvalue weighted by atomic mass is 32.1. The Balaban J connectivity index is 0.971. The first-order chi connectivity index (χ1) is 42.6. The highest BCUT2D eigenvalue weighted by Gasteiger charge is 2.45. The number of nitrogens with zero attached hydrogens (tertiary/aromatic N) is 4. The fraction of sp³-hybridized carbons (Fsp3) is 0.205. The SMILES string of the molecule is Cc1cc2c3c(c1)N(c1c(C)cc(-c4ccc5c(c4)sc4ccccc45)cc1C)c1cc(C(C)(C)C)ccc1B3c1ccc(N(c3ccc4c5ccccc5n(-c5ccccc5)c4c3)c3c(C)cc(C(C)(C)C)cc3C)cc1N2c1ccc(C(C)(C)C)cc1. The van der Waals surface area contributed by atoms with E-state index in [0.717, 1.165) is 22.7 Å². The van der Waals surface area contributed by atoms with Crippen LogP contribution in [0, 0.1) is 34.6 Å². The molecule has 4 heterocycles. The maximum atomic E-state index is 2.65. The molecule has 2 aromatic heterocycles. The van der Waals surface area contributed by atoms with E-state index in [4.69, 9.17) is 0 Å². The molecule has 0 spiro atoms. The number of hydrogen-bond acceptors (Lipinski definition) is 4. The highest BCUT2D eigenvalue weighted by molar-refractivity contribution is 7.25. The van der Waals surface area contributed by atoms with Gasteiger partial charge in [0.25, 0.3) is 6.71 Å². The van der Waals surface area contributed by atoms with Crippen LogP contribution in [-0.2, 0) is 16.2 Å². The predicted octanol–water partition coefficient (Wildman–Crippen LogP) is 21.8. The summed E-state index contributed by atoms with van der Waals surface area (Å²) in [5.74, 6) is 0. The summed E-state index contributed by atoms with van der Waals surface area (Å²) in [6, 6.07) is 81.6. The average molecular weight is 1170 g/mol. The Hall–Kier alpha value is -9.10. The van der Waals surface area contributed by atoms with Crippen molar-refractivity contribution in [3.05, 3.63) is 257 Å². The van der Waals surface area contributed by atoms with Gasteiger partial charge in [-0.25, -0.2) is 0 Å². The van der Waals surface area contributed by atoms with Gasteiger partial charge in [-0.05, 0) is 220 Å². The maximum absolute atomic E-state index is 2.65. The second-order valence-electron chi connectivity index (χ2n) is 28.6. The second-order valence-corrected chi connectivity index (χ2v) is 29.7. The molecule has 6 heteroatoms. The average Bonchev–Trinajstić information content (AvgIpc) is 1.33. The Morgan fingerprint density at radius 1 is 0.371 bits per heavy atom. The molecule has 13 aromatic rings. The number of aryl methyl sites for hydroxylation is 5. The minimum absolute atomic E-state index is 0.0159. The van der Waals surface area contributed by atoms with Gasteiger partial charge < -0.3 is 19.3 Å². The maximum Gasteiger partial charge on any atom is 0.252 e. The van der Waals surface area contributed by atoms with E-state index < -0.39 is 0 Å².